The first-order valence-electron chi connectivity index (χ1n) is 6.98. The van der Waals surface area contributed by atoms with Gasteiger partial charge in [-0.15, -0.1) is 12.4 Å². The molecule has 0 aliphatic carbocycles. The van der Waals surface area contributed by atoms with Gasteiger partial charge in [-0.05, 0) is 46.9 Å². The lowest BCUT2D eigenvalue weighted by atomic mass is 10.1. The van der Waals surface area contributed by atoms with Crippen molar-refractivity contribution in [3.05, 3.63) is 56.8 Å². The number of halogens is 3. The fraction of sp³-hybridized carbons (Fsp3) is 0.0588. The monoisotopic (exact) mass is 489 g/mol. The molecule has 0 atom stereocenters. The Bertz CT molecular complexity index is 951. The Labute approximate surface area is 169 Å². The SMILES string of the molecule is COc1cccc(Nc2c(C(N)=O)cnc3cc(Cl)c(I)cc23)c1.Cl. The summed E-state index contributed by atoms with van der Waals surface area (Å²) >= 11 is 8.30. The minimum absolute atomic E-state index is 0. The summed E-state index contributed by atoms with van der Waals surface area (Å²) in [6, 6.07) is 11.0. The largest absolute Gasteiger partial charge is 0.497 e. The van der Waals surface area contributed by atoms with Gasteiger partial charge < -0.3 is 15.8 Å². The van der Waals surface area contributed by atoms with Crippen molar-refractivity contribution in [1.82, 2.24) is 4.98 Å². The van der Waals surface area contributed by atoms with E-state index in [0.29, 0.717) is 27.5 Å². The van der Waals surface area contributed by atoms with Crippen LogP contribution < -0.4 is 15.8 Å². The molecule has 25 heavy (non-hydrogen) atoms. The van der Waals surface area contributed by atoms with Gasteiger partial charge in [0.2, 0.25) is 0 Å². The zero-order valence-corrected chi connectivity index (χ0v) is 16.8. The molecule has 0 aliphatic heterocycles. The highest BCUT2D eigenvalue weighted by molar-refractivity contribution is 14.1. The molecule has 1 amide bonds. The van der Waals surface area contributed by atoms with E-state index in [0.717, 1.165) is 14.6 Å². The molecule has 0 radical (unpaired) electrons. The van der Waals surface area contributed by atoms with Crippen LogP contribution >= 0.6 is 46.6 Å². The van der Waals surface area contributed by atoms with Crippen LogP contribution in [0.4, 0.5) is 11.4 Å². The predicted molar refractivity (Wildman–Crippen MR) is 112 cm³/mol. The smallest absolute Gasteiger partial charge is 0.252 e. The third kappa shape index (κ3) is 4.08. The molecule has 0 aliphatic rings. The highest BCUT2D eigenvalue weighted by Gasteiger charge is 2.15. The van der Waals surface area contributed by atoms with E-state index in [2.05, 4.69) is 32.9 Å². The number of nitrogens with zero attached hydrogens (tertiary/aromatic N) is 1. The van der Waals surface area contributed by atoms with Crippen molar-refractivity contribution in [2.75, 3.05) is 12.4 Å². The fourth-order valence-corrected chi connectivity index (χ4v) is 2.98. The first-order valence-corrected chi connectivity index (χ1v) is 8.44. The molecule has 0 unspecified atom stereocenters. The van der Waals surface area contributed by atoms with E-state index in [4.69, 9.17) is 22.1 Å². The van der Waals surface area contributed by atoms with Crippen molar-refractivity contribution in [3.63, 3.8) is 0 Å². The van der Waals surface area contributed by atoms with Crippen LogP contribution in [0.15, 0.2) is 42.6 Å². The van der Waals surface area contributed by atoms with E-state index in [1.807, 2.05) is 30.3 Å². The Hall–Kier alpha value is -1.77. The number of amides is 1. The number of carbonyl (C=O) groups excluding carboxylic acids is 1. The molecule has 3 rings (SSSR count). The molecule has 3 N–H and O–H groups in total. The summed E-state index contributed by atoms with van der Waals surface area (Å²) in [7, 11) is 1.60. The first kappa shape index (κ1) is 19.6. The van der Waals surface area contributed by atoms with Gasteiger partial charge in [0.15, 0.2) is 0 Å². The summed E-state index contributed by atoms with van der Waals surface area (Å²) in [5.41, 5.74) is 7.86. The van der Waals surface area contributed by atoms with Gasteiger partial charge >= 0.3 is 0 Å². The van der Waals surface area contributed by atoms with Crippen molar-refractivity contribution >= 4 is 74.8 Å². The molecule has 1 heterocycles. The van der Waals surface area contributed by atoms with Gasteiger partial charge in [0.05, 0.1) is 28.9 Å². The Balaban J connectivity index is 0.00000225. The molecule has 1 aromatic heterocycles. The molecule has 2 aromatic carbocycles. The third-order valence-corrected chi connectivity index (χ3v) is 5.04. The second-order valence-electron chi connectivity index (χ2n) is 5.05. The molecule has 5 nitrogen and oxygen atoms in total. The number of fused-ring (bicyclic) bond motifs is 1. The van der Waals surface area contributed by atoms with Crippen LogP contribution in [0.25, 0.3) is 10.9 Å². The fourth-order valence-electron chi connectivity index (χ4n) is 2.35. The van der Waals surface area contributed by atoms with E-state index in [-0.39, 0.29) is 12.4 Å². The lowest BCUT2D eigenvalue weighted by molar-refractivity contribution is 0.100. The second kappa shape index (κ2) is 8.07. The van der Waals surface area contributed by atoms with E-state index >= 15 is 0 Å². The maximum atomic E-state index is 11.8. The van der Waals surface area contributed by atoms with Gasteiger partial charge in [-0.2, -0.15) is 0 Å². The van der Waals surface area contributed by atoms with Gasteiger partial charge in [-0.25, -0.2) is 0 Å². The predicted octanol–water partition coefficient (Wildman–Crippen LogP) is 4.77. The van der Waals surface area contributed by atoms with Crippen LogP contribution in [0.3, 0.4) is 0 Å². The number of hydrogen-bond acceptors (Lipinski definition) is 4. The van der Waals surface area contributed by atoms with Crippen LogP contribution in [0.1, 0.15) is 10.4 Å². The number of nitrogens with one attached hydrogen (secondary N) is 1. The summed E-state index contributed by atoms with van der Waals surface area (Å²) in [4.78, 5) is 16.1. The van der Waals surface area contributed by atoms with Gasteiger partial charge in [0.25, 0.3) is 5.91 Å². The topological polar surface area (TPSA) is 77.2 Å². The minimum Gasteiger partial charge on any atom is -0.497 e. The third-order valence-electron chi connectivity index (χ3n) is 3.51. The van der Waals surface area contributed by atoms with E-state index in [1.165, 1.54) is 6.20 Å². The Morgan fingerprint density at radius 2 is 2.08 bits per heavy atom. The average Bonchev–Trinajstić information content (AvgIpc) is 2.56. The van der Waals surface area contributed by atoms with Crippen molar-refractivity contribution in [3.8, 4) is 5.75 Å². The van der Waals surface area contributed by atoms with Crippen LogP contribution in [-0.2, 0) is 0 Å². The number of benzene rings is 2. The highest BCUT2D eigenvalue weighted by atomic mass is 127. The molecule has 0 bridgehead atoms. The lowest BCUT2D eigenvalue weighted by Crippen LogP contribution is -2.14. The number of nitrogens with two attached hydrogens (primary N) is 1. The zero-order chi connectivity index (χ0) is 17.3. The number of primary amides is 1. The number of ether oxygens (including phenoxy) is 1. The normalized spacial score (nSPS) is 10.2. The van der Waals surface area contributed by atoms with E-state index in [9.17, 15) is 4.79 Å². The van der Waals surface area contributed by atoms with Crippen molar-refractivity contribution in [2.24, 2.45) is 5.73 Å². The Kier molecular flexibility index (Phi) is 6.31. The summed E-state index contributed by atoms with van der Waals surface area (Å²) in [5, 5.41) is 4.62. The standard InChI is InChI=1S/C17H13ClIN3O2.ClH/c1-24-10-4-2-3-9(5-10)22-16-11-6-14(19)13(18)7-15(11)21-8-12(16)17(20)23;/h2-8H,1H3,(H2,20,23)(H,21,22);1H. The molecule has 8 heteroatoms. The molecule has 0 saturated carbocycles. The molecule has 0 saturated heterocycles. The highest BCUT2D eigenvalue weighted by Crippen LogP contribution is 2.33. The summed E-state index contributed by atoms with van der Waals surface area (Å²) < 4.78 is 6.09. The Morgan fingerprint density at radius 3 is 2.76 bits per heavy atom. The van der Waals surface area contributed by atoms with Gasteiger partial charge in [-0.1, -0.05) is 17.7 Å². The average molecular weight is 490 g/mol. The van der Waals surface area contributed by atoms with Crippen LogP contribution in [0, 0.1) is 3.57 Å². The summed E-state index contributed by atoms with van der Waals surface area (Å²) in [6.07, 6.45) is 1.45. The van der Waals surface area contributed by atoms with Crippen molar-refractivity contribution in [2.45, 2.75) is 0 Å². The molecule has 3 aromatic rings. The maximum absolute atomic E-state index is 11.8. The van der Waals surface area contributed by atoms with Crippen molar-refractivity contribution < 1.29 is 9.53 Å². The van der Waals surface area contributed by atoms with Gasteiger partial charge in [0.1, 0.15) is 5.75 Å². The van der Waals surface area contributed by atoms with Crippen LogP contribution in [0.2, 0.25) is 5.02 Å². The first-order chi connectivity index (χ1) is 11.5. The number of rotatable bonds is 4. The van der Waals surface area contributed by atoms with Gasteiger partial charge in [0, 0.05) is 26.9 Å². The quantitative estimate of drug-likeness (QED) is 0.517. The molecule has 130 valence electrons. The number of pyridine rings is 1. The Morgan fingerprint density at radius 1 is 1.32 bits per heavy atom. The molecular weight excluding hydrogens is 476 g/mol. The maximum Gasteiger partial charge on any atom is 0.252 e. The van der Waals surface area contributed by atoms with E-state index < -0.39 is 5.91 Å². The second-order valence-corrected chi connectivity index (χ2v) is 6.62. The van der Waals surface area contributed by atoms with Crippen LogP contribution in [0.5, 0.6) is 5.75 Å². The summed E-state index contributed by atoms with van der Waals surface area (Å²) in [6.45, 7) is 0. The van der Waals surface area contributed by atoms with E-state index in [1.54, 1.807) is 13.2 Å². The number of carbonyl (C=O) groups is 1. The lowest BCUT2D eigenvalue weighted by Gasteiger charge is -2.14. The number of methoxy groups -OCH3 is 1. The molecule has 0 spiro atoms. The number of hydrogen-bond donors (Lipinski definition) is 2. The zero-order valence-electron chi connectivity index (χ0n) is 13.0. The molecular formula is C17H14Cl2IN3O2. The number of aromatic nitrogens is 1. The van der Waals surface area contributed by atoms with Crippen molar-refractivity contribution in [1.29, 1.82) is 0 Å². The van der Waals surface area contributed by atoms with Crippen LogP contribution in [-0.4, -0.2) is 18.0 Å². The molecule has 0 fully saturated rings. The summed E-state index contributed by atoms with van der Waals surface area (Å²) in [5.74, 6) is 0.149. The number of anilines is 2. The minimum atomic E-state index is -0.556. The van der Waals surface area contributed by atoms with Gasteiger partial charge in [-0.3, -0.25) is 9.78 Å².